The molecule has 0 fully saturated rings. The van der Waals surface area contributed by atoms with Crippen LogP contribution in [0.1, 0.15) is 29.3 Å². The number of nitrogens with one attached hydrogen (secondary N) is 1. The Kier molecular flexibility index (Phi) is 3.68. The summed E-state index contributed by atoms with van der Waals surface area (Å²) in [4.78, 5) is 9.18. The largest absolute Gasteiger partial charge is 0.372 e. The van der Waals surface area contributed by atoms with E-state index in [4.69, 9.17) is 0 Å². The summed E-state index contributed by atoms with van der Waals surface area (Å²) >= 11 is 2.26. The molecule has 1 heterocycles. The van der Waals surface area contributed by atoms with Crippen molar-refractivity contribution >= 4 is 28.4 Å². The Labute approximate surface area is 127 Å². The van der Waals surface area contributed by atoms with E-state index in [1.54, 1.807) is 0 Å². The van der Waals surface area contributed by atoms with Crippen LogP contribution in [0.3, 0.4) is 0 Å². The first-order chi connectivity index (χ1) is 9.28. The first-order valence-corrected chi connectivity index (χ1v) is 7.63. The average Bonchev–Trinajstić information content (AvgIpc) is 2.47. The SMILES string of the molecule is CNc1nc(C2CCc3ccccc3C2)ncc1I. The smallest absolute Gasteiger partial charge is 0.142 e. The van der Waals surface area contributed by atoms with Gasteiger partial charge in [-0.3, -0.25) is 0 Å². The van der Waals surface area contributed by atoms with Crippen LogP contribution in [0.15, 0.2) is 30.5 Å². The molecule has 1 unspecified atom stereocenters. The minimum absolute atomic E-state index is 0.444. The summed E-state index contributed by atoms with van der Waals surface area (Å²) < 4.78 is 1.07. The maximum atomic E-state index is 4.66. The highest BCUT2D eigenvalue weighted by molar-refractivity contribution is 14.1. The number of rotatable bonds is 2. The Bertz CT molecular complexity index is 598. The first kappa shape index (κ1) is 12.8. The van der Waals surface area contributed by atoms with Crippen molar-refractivity contribution in [3.05, 3.63) is 51.0 Å². The molecule has 1 aromatic heterocycles. The summed E-state index contributed by atoms with van der Waals surface area (Å²) in [5, 5.41) is 3.14. The predicted octanol–water partition coefficient (Wildman–Crippen LogP) is 3.40. The van der Waals surface area contributed by atoms with Crippen LogP contribution in [-0.4, -0.2) is 17.0 Å². The van der Waals surface area contributed by atoms with Crippen molar-refractivity contribution in [3.8, 4) is 0 Å². The number of benzene rings is 1. The molecule has 1 aromatic carbocycles. The molecule has 3 nitrogen and oxygen atoms in total. The van der Waals surface area contributed by atoms with Gasteiger partial charge in [0.15, 0.2) is 0 Å². The van der Waals surface area contributed by atoms with E-state index in [0.29, 0.717) is 5.92 Å². The van der Waals surface area contributed by atoms with Gasteiger partial charge in [-0.05, 0) is 53.0 Å². The van der Waals surface area contributed by atoms with Gasteiger partial charge in [0.1, 0.15) is 11.6 Å². The van der Waals surface area contributed by atoms with Crippen LogP contribution >= 0.6 is 22.6 Å². The van der Waals surface area contributed by atoms with Crippen LogP contribution in [0, 0.1) is 3.57 Å². The minimum Gasteiger partial charge on any atom is -0.372 e. The molecule has 0 spiro atoms. The molecular weight excluding hydrogens is 349 g/mol. The third-order valence-corrected chi connectivity index (χ3v) is 4.50. The lowest BCUT2D eigenvalue weighted by molar-refractivity contribution is 0.555. The molecule has 0 amide bonds. The highest BCUT2D eigenvalue weighted by atomic mass is 127. The molecule has 0 saturated heterocycles. The third-order valence-electron chi connectivity index (χ3n) is 3.71. The second-order valence-corrected chi connectivity index (χ2v) is 6.05. The summed E-state index contributed by atoms with van der Waals surface area (Å²) in [6.07, 6.45) is 5.24. The van der Waals surface area contributed by atoms with Crippen molar-refractivity contribution in [1.29, 1.82) is 0 Å². The zero-order valence-electron chi connectivity index (χ0n) is 10.9. The second-order valence-electron chi connectivity index (χ2n) is 4.88. The topological polar surface area (TPSA) is 37.8 Å². The van der Waals surface area contributed by atoms with Crippen LogP contribution < -0.4 is 5.32 Å². The maximum absolute atomic E-state index is 4.66. The fraction of sp³-hybridized carbons (Fsp3) is 0.333. The molecule has 0 aliphatic heterocycles. The number of nitrogens with zero attached hydrogens (tertiary/aromatic N) is 2. The van der Waals surface area contributed by atoms with Gasteiger partial charge < -0.3 is 5.32 Å². The Balaban J connectivity index is 1.89. The predicted molar refractivity (Wildman–Crippen MR) is 85.5 cm³/mol. The van der Waals surface area contributed by atoms with Crippen molar-refractivity contribution in [2.75, 3.05) is 12.4 Å². The Morgan fingerprint density at radius 3 is 2.84 bits per heavy atom. The fourth-order valence-electron chi connectivity index (χ4n) is 2.67. The summed E-state index contributed by atoms with van der Waals surface area (Å²) in [5.74, 6) is 2.35. The third kappa shape index (κ3) is 2.59. The summed E-state index contributed by atoms with van der Waals surface area (Å²) in [6, 6.07) is 8.71. The van der Waals surface area contributed by atoms with E-state index in [-0.39, 0.29) is 0 Å². The highest BCUT2D eigenvalue weighted by Gasteiger charge is 2.22. The molecule has 3 rings (SSSR count). The molecule has 1 aliphatic carbocycles. The number of hydrogen-bond acceptors (Lipinski definition) is 3. The number of halogens is 1. The second kappa shape index (κ2) is 5.45. The van der Waals surface area contributed by atoms with E-state index in [2.05, 4.69) is 62.1 Å². The molecule has 0 bridgehead atoms. The molecule has 98 valence electrons. The number of aromatic nitrogens is 2. The quantitative estimate of drug-likeness (QED) is 0.830. The monoisotopic (exact) mass is 365 g/mol. The first-order valence-electron chi connectivity index (χ1n) is 6.55. The minimum atomic E-state index is 0.444. The molecule has 1 aliphatic rings. The summed E-state index contributed by atoms with van der Waals surface area (Å²) in [5.41, 5.74) is 2.94. The lowest BCUT2D eigenvalue weighted by Gasteiger charge is -2.23. The number of fused-ring (bicyclic) bond motifs is 1. The van der Waals surface area contributed by atoms with Gasteiger partial charge in [-0.1, -0.05) is 24.3 Å². The van der Waals surface area contributed by atoms with Gasteiger partial charge >= 0.3 is 0 Å². The Hall–Kier alpha value is -1.17. The summed E-state index contributed by atoms with van der Waals surface area (Å²) in [6.45, 7) is 0. The van der Waals surface area contributed by atoms with Crippen LogP contribution in [-0.2, 0) is 12.8 Å². The van der Waals surface area contributed by atoms with Crippen LogP contribution in [0.25, 0.3) is 0 Å². The molecule has 1 N–H and O–H groups in total. The van der Waals surface area contributed by atoms with Gasteiger partial charge in [0.05, 0.1) is 3.57 Å². The molecule has 2 aromatic rings. The Morgan fingerprint density at radius 2 is 2.05 bits per heavy atom. The van der Waals surface area contributed by atoms with Crippen molar-refractivity contribution in [3.63, 3.8) is 0 Å². The van der Waals surface area contributed by atoms with Gasteiger partial charge in [0, 0.05) is 19.2 Å². The van der Waals surface area contributed by atoms with Gasteiger partial charge in [-0.25, -0.2) is 9.97 Å². The molecule has 0 saturated carbocycles. The molecule has 1 atom stereocenters. The fourth-order valence-corrected chi connectivity index (χ4v) is 3.20. The van der Waals surface area contributed by atoms with Crippen molar-refractivity contribution in [2.24, 2.45) is 0 Å². The van der Waals surface area contributed by atoms with Crippen LogP contribution in [0.4, 0.5) is 5.82 Å². The van der Waals surface area contributed by atoms with E-state index in [1.165, 1.54) is 11.1 Å². The van der Waals surface area contributed by atoms with Gasteiger partial charge in [-0.2, -0.15) is 0 Å². The normalized spacial score (nSPS) is 17.9. The molecule has 0 radical (unpaired) electrons. The number of anilines is 1. The highest BCUT2D eigenvalue weighted by Crippen LogP contribution is 2.31. The zero-order chi connectivity index (χ0) is 13.2. The summed E-state index contributed by atoms with van der Waals surface area (Å²) in [7, 11) is 1.91. The van der Waals surface area contributed by atoms with Crippen LogP contribution in [0.5, 0.6) is 0 Å². The van der Waals surface area contributed by atoms with E-state index in [1.807, 2.05) is 13.2 Å². The van der Waals surface area contributed by atoms with Crippen molar-refractivity contribution < 1.29 is 0 Å². The molecule has 19 heavy (non-hydrogen) atoms. The van der Waals surface area contributed by atoms with Crippen molar-refractivity contribution in [1.82, 2.24) is 9.97 Å². The number of hydrogen-bond donors (Lipinski definition) is 1. The van der Waals surface area contributed by atoms with E-state index < -0.39 is 0 Å². The standard InChI is InChI=1S/C15H16IN3/c1-17-15-13(16)9-18-14(19-15)12-7-6-10-4-2-3-5-11(10)8-12/h2-5,9,12H,6-8H2,1H3,(H,17,18,19). The van der Waals surface area contributed by atoms with Gasteiger partial charge in [-0.15, -0.1) is 0 Å². The van der Waals surface area contributed by atoms with Crippen molar-refractivity contribution in [2.45, 2.75) is 25.2 Å². The molecule has 4 heteroatoms. The Morgan fingerprint density at radius 1 is 1.26 bits per heavy atom. The van der Waals surface area contributed by atoms with E-state index in [9.17, 15) is 0 Å². The van der Waals surface area contributed by atoms with E-state index >= 15 is 0 Å². The van der Waals surface area contributed by atoms with Gasteiger partial charge in [0.2, 0.25) is 0 Å². The number of aryl methyl sites for hydroxylation is 1. The zero-order valence-corrected chi connectivity index (χ0v) is 13.0. The van der Waals surface area contributed by atoms with Crippen LogP contribution in [0.2, 0.25) is 0 Å². The average molecular weight is 365 g/mol. The maximum Gasteiger partial charge on any atom is 0.142 e. The lowest BCUT2D eigenvalue weighted by atomic mass is 9.83. The van der Waals surface area contributed by atoms with E-state index in [0.717, 1.165) is 34.5 Å². The molecular formula is C15H16IN3. The van der Waals surface area contributed by atoms with Gasteiger partial charge in [0.25, 0.3) is 0 Å². The lowest BCUT2D eigenvalue weighted by Crippen LogP contribution is -2.16.